The summed E-state index contributed by atoms with van der Waals surface area (Å²) in [7, 11) is 1.85. The van der Waals surface area contributed by atoms with E-state index in [1.54, 1.807) is 0 Å². The predicted molar refractivity (Wildman–Crippen MR) is 74.8 cm³/mol. The molecule has 3 heteroatoms. The topological polar surface area (TPSA) is 49.3 Å². The number of carboxylic acids is 1. The van der Waals surface area contributed by atoms with Crippen molar-refractivity contribution in [3.05, 3.63) is 0 Å². The molecule has 1 atom stereocenters. The normalized spacial score (nSPS) is 43.5. The molecule has 4 rings (SSSR count). The molecule has 0 aliphatic heterocycles. The van der Waals surface area contributed by atoms with Crippen LogP contribution in [-0.4, -0.2) is 23.7 Å². The number of likely N-dealkylation sites (N-methyl/N-ethyl adjacent to an activating group) is 1. The molecule has 4 fully saturated rings. The lowest BCUT2D eigenvalue weighted by Gasteiger charge is -2.59. The van der Waals surface area contributed by atoms with E-state index in [9.17, 15) is 9.90 Å². The molecule has 4 aliphatic carbocycles. The van der Waals surface area contributed by atoms with Gasteiger partial charge in [0.15, 0.2) is 0 Å². The van der Waals surface area contributed by atoms with E-state index in [1.165, 1.54) is 32.1 Å². The van der Waals surface area contributed by atoms with Gasteiger partial charge in [-0.15, -0.1) is 0 Å². The van der Waals surface area contributed by atoms with Crippen LogP contribution in [0.1, 0.15) is 46.0 Å². The van der Waals surface area contributed by atoms with Gasteiger partial charge in [0, 0.05) is 0 Å². The maximum atomic E-state index is 12.1. The standard InChI is InChI=1S/C16H27NO2/c1-9(2)16(17-3,15(18)19)14-12-5-10-4-11(7-12)8-13(14)6-10/h9-14,17H,4-8H2,1-3H3,(H,18,19). The second kappa shape index (κ2) is 4.47. The first-order chi connectivity index (χ1) is 8.99. The van der Waals surface area contributed by atoms with Crippen LogP contribution >= 0.6 is 0 Å². The maximum Gasteiger partial charge on any atom is 0.324 e. The summed E-state index contributed by atoms with van der Waals surface area (Å²) < 4.78 is 0. The molecule has 4 bridgehead atoms. The van der Waals surface area contributed by atoms with Gasteiger partial charge in [0.2, 0.25) is 0 Å². The van der Waals surface area contributed by atoms with Crippen LogP contribution in [0.4, 0.5) is 0 Å². The highest BCUT2D eigenvalue weighted by Gasteiger charge is 2.59. The number of nitrogens with one attached hydrogen (secondary N) is 1. The van der Waals surface area contributed by atoms with Crippen molar-refractivity contribution in [1.29, 1.82) is 0 Å². The van der Waals surface area contributed by atoms with Gasteiger partial charge in [0.1, 0.15) is 5.54 Å². The van der Waals surface area contributed by atoms with Gasteiger partial charge in [-0.25, -0.2) is 0 Å². The Balaban J connectivity index is 1.97. The molecular formula is C16H27NO2. The van der Waals surface area contributed by atoms with E-state index in [1.807, 2.05) is 7.05 Å². The number of rotatable bonds is 4. The van der Waals surface area contributed by atoms with E-state index in [4.69, 9.17) is 0 Å². The van der Waals surface area contributed by atoms with Crippen LogP contribution in [0, 0.1) is 35.5 Å². The summed E-state index contributed by atoms with van der Waals surface area (Å²) in [6, 6.07) is 0. The fraction of sp³-hybridized carbons (Fsp3) is 0.938. The zero-order valence-corrected chi connectivity index (χ0v) is 12.4. The fourth-order valence-electron chi connectivity index (χ4n) is 6.01. The smallest absolute Gasteiger partial charge is 0.324 e. The largest absolute Gasteiger partial charge is 0.480 e. The van der Waals surface area contributed by atoms with Crippen LogP contribution in [0.15, 0.2) is 0 Å². The molecule has 2 N–H and O–H groups in total. The van der Waals surface area contributed by atoms with Gasteiger partial charge in [0.05, 0.1) is 0 Å². The van der Waals surface area contributed by atoms with Crippen molar-refractivity contribution in [3.63, 3.8) is 0 Å². The Morgan fingerprint density at radius 2 is 1.58 bits per heavy atom. The minimum Gasteiger partial charge on any atom is -0.480 e. The van der Waals surface area contributed by atoms with Gasteiger partial charge >= 0.3 is 5.97 Å². The summed E-state index contributed by atoms with van der Waals surface area (Å²) in [5, 5.41) is 13.2. The minimum absolute atomic E-state index is 0.137. The molecule has 0 aromatic carbocycles. The van der Waals surface area contributed by atoms with E-state index in [-0.39, 0.29) is 5.92 Å². The summed E-state index contributed by atoms with van der Waals surface area (Å²) in [4.78, 5) is 12.1. The Kier molecular flexibility index (Phi) is 3.16. The molecular weight excluding hydrogens is 238 g/mol. The molecule has 3 nitrogen and oxygen atoms in total. The van der Waals surface area contributed by atoms with Crippen molar-refractivity contribution < 1.29 is 9.90 Å². The molecule has 0 aromatic rings. The van der Waals surface area contributed by atoms with Crippen LogP contribution < -0.4 is 5.32 Å². The fourth-order valence-corrected chi connectivity index (χ4v) is 6.01. The first-order valence-corrected chi connectivity index (χ1v) is 7.91. The Morgan fingerprint density at radius 1 is 1.11 bits per heavy atom. The molecule has 0 amide bonds. The second-order valence-electron chi connectivity index (χ2n) is 7.54. The number of hydrogen-bond acceptors (Lipinski definition) is 2. The summed E-state index contributed by atoms with van der Waals surface area (Å²) in [5.74, 6) is 2.91. The van der Waals surface area contributed by atoms with Crippen molar-refractivity contribution in [1.82, 2.24) is 5.32 Å². The number of hydrogen-bond donors (Lipinski definition) is 2. The average molecular weight is 265 g/mol. The number of carboxylic acid groups (broad SMARTS) is 1. The van der Waals surface area contributed by atoms with Gasteiger partial charge in [-0.05, 0) is 74.7 Å². The highest BCUT2D eigenvalue weighted by atomic mass is 16.4. The number of carbonyl (C=O) groups is 1. The Bertz CT molecular complexity index is 351. The highest BCUT2D eigenvalue weighted by Crippen LogP contribution is 2.60. The van der Waals surface area contributed by atoms with Crippen molar-refractivity contribution in [2.45, 2.75) is 51.5 Å². The molecule has 0 aromatic heterocycles. The maximum absolute atomic E-state index is 12.1. The second-order valence-corrected chi connectivity index (χ2v) is 7.54. The Labute approximate surface area is 116 Å². The third-order valence-corrected chi connectivity index (χ3v) is 6.43. The predicted octanol–water partition coefficient (Wildman–Crippen LogP) is 2.76. The minimum atomic E-state index is -0.720. The third kappa shape index (κ3) is 1.77. The van der Waals surface area contributed by atoms with Crippen LogP contribution in [0.25, 0.3) is 0 Å². The van der Waals surface area contributed by atoms with Gasteiger partial charge < -0.3 is 10.4 Å². The van der Waals surface area contributed by atoms with E-state index >= 15 is 0 Å². The molecule has 0 spiro atoms. The van der Waals surface area contributed by atoms with E-state index in [2.05, 4.69) is 19.2 Å². The Morgan fingerprint density at radius 3 is 1.89 bits per heavy atom. The highest BCUT2D eigenvalue weighted by molar-refractivity contribution is 5.80. The first-order valence-electron chi connectivity index (χ1n) is 7.91. The average Bonchev–Trinajstić information content (AvgIpc) is 2.31. The van der Waals surface area contributed by atoms with Crippen LogP contribution in [0.5, 0.6) is 0 Å². The lowest BCUT2D eigenvalue weighted by atomic mass is 9.47. The van der Waals surface area contributed by atoms with Crippen LogP contribution in [0.3, 0.4) is 0 Å². The molecule has 0 radical (unpaired) electrons. The summed E-state index contributed by atoms with van der Waals surface area (Å²) in [6.45, 7) is 4.13. The first kappa shape index (κ1) is 13.4. The van der Waals surface area contributed by atoms with E-state index in [0.717, 1.165) is 11.8 Å². The van der Waals surface area contributed by atoms with Crippen LogP contribution in [0.2, 0.25) is 0 Å². The van der Waals surface area contributed by atoms with Crippen molar-refractivity contribution in [2.75, 3.05) is 7.05 Å². The lowest BCUT2D eigenvalue weighted by molar-refractivity contribution is -0.162. The zero-order valence-electron chi connectivity index (χ0n) is 12.4. The molecule has 0 saturated heterocycles. The van der Waals surface area contributed by atoms with Crippen molar-refractivity contribution in [3.8, 4) is 0 Å². The Hall–Kier alpha value is -0.570. The zero-order chi connectivity index (χ0) is 13.8. The van der Waals surface area contributed by atoms with Gasteiger partial charge in [-0.1, -0.05) is 13.8 Å². The van der Waals surface area contributed by atoms with Gasteiger partial charge in [-0.3, -0.25) is 4.79 Å². The molecule has 19 heavy (non-hydrogen) atoms. The number of aliphatic carboxylic acids is 1. The van der Waals surface area contributed by atoms with E-state index in [0.29, 0.717) is 17.8 Å². The van der Waals surface area contributed by atoms with Crippen molar-refractivity contribution >= 4 is 5.97 Å². The molecule has 0 heterocycles. The van der Waals surface area contributed by atoms with Gasteiger partial charge in [0.25, 0.3) is 0 Å². The summed E-state index contributed by atoms with van der Waals surface area (Å²) in [5.41, 5.74) is -0.720. The van der Waals surface area contributed by atoms with Crippen LogP contribution in [-0.2, 0) is 4.79 Å². The molecule has 1 unspecified atom stereocenters. The lowest BCUT2D eigenvalue weighted by Crippen LogP contribution is -2.66. The summed E-state index contributed by atoms with van der Waals surface area (Å²) in [6.07, 6.45) is 6.53. The molecule has 108 valence electrons. The monoisotopic (exact) mass is 265 g/mol. The summed E-state index contributed by atoms with van der Waals surface area (Å²) >= 11 is 0. The van der Waals surface area contributed by atoms with E-state index < -0.39 is 11.5 Å². The van der Waals surface area contributed by atoms with Crippen molar-refractivity contribution in [2.24, 2.45) is 35.5 Å². The SMILES string of the molecule is CNC(C(=O)O)(C(C)C)C1C2CC3CC(C2)CC1C3. The third-order valence-electron chi connectivity index (χ3n) is 6.43. The molecule has 4 aliphatic rings. The quantitative estimate of drug-likeness (QED) is 0.821. The van der Waals surface area contributed by atoms with Gasteiger partial charge in [-0.2, -0.15) is 0 Å². The molecule has 4 saturated carbocycles.